The minimum absolute atomic E-state index is 0.0785. The number of halogens is 2. The van der Waals surface area contributed by atoms with Crippen LogP contribution in [0.4, 0.5) is 13.6 Å². The summed E-state index contributed by atoms with van der Waals surface area (Å²) in [5.74, 6) is 0.172. The van der Waals surface area contributed by atoms with Crippen LogP contribution in [0, 0.1) is 11.6 Å². The Morgan fingerprint density at radius 2 is 1.17 bits per heavy atom. The largest absolute Gasteiger partial charge is 0.496 e. The molecule has 0 spiro atoms. The number of nitrogens with zero attached hydrogens (tertiary/aromatic N) is 4. The summed E-state index contributed by atoms with van der Waals surface area (Å²) in [4.78, 5) is 41.4. The number of carbonyl (C=O) groups excluding carboxylic acids is 1. The van der Waals surface area contributed by atoms with Crippen molar-refractivity contribution >= 4 is 27.9 Å². The average molecular weight is 739 g/mol. The molecule has 6 rings (SSSR count). The summed E-state index contributed by atoms with van der Waals surface area (Å²) in [7, 11) is 3.01. The van der Waals surface area contributed by atoms with Crippen molar-refractivity contribution in [1.29, 1.82) is 0 Å². The van der Waals surface area contributed by atoms with Gasteiger partial charge in [0.05, 0.1) is 25.3 Å². The molecule has 2 aliphatic heterocycles. The van der Waals surface area contributed by atoms with Gasteiger partial charge in [0.1, 0.15) is 28.7 Å². The van der Waals surface area contributed by atoms with Gasteiger partial charge in [-0.1, -0.05) is 0 Å². The van der Waals surface area contributed by atoms with E-state index in [0.717, 1.165) is 63.8 Å². The Balaban J connectivity index is 0.000000211. The van der Waals surface area contributed by atoms with E-state index in [2.05, 4.69) is 15.1 Å². The monoisotopic (exact) mass is 738 g/mol. The fraction of sp³-hybridized carbons (Fsp3) is 0.513. The average Bonchev–Trinajstić information content (AvgIpc) is 3.11. The van der Waals surface area contributed by atoms with Gasteiger partial charge in [-0.05, 0) is 95.9 Å². The number of benzene rings is 2. The molecule has 14 heteroatoms. The van der Waals surface area contributed by atoms with E-state index in [1.807, 2.05) is 20.8 Å². The van der Waals surface area contributed by atoms with E-state index in [1.54, 1.807) is 21.3 Å². The van der Waals surface area contributed by atoms with Crippen LogP contribution in [0.1, 0.15) is 46.5 Å². The number of hydrogen-bond donors (Lipinski definition) is 2. The van der Waals surface area contributed by atoms with Crippen molar-refractivity contribution in [3.05, 3.63) is 80.9 Å². The van der Waals surface area contributed by atoms with Crippen molar-refractivity contribution in [1.82, 2.24) is 24.3 Å². The Hall–Kier alpha value is -4.53. The fourth-order valence-corrected chi connectivity index (χ4v) is 6.88. The van der Waals surface area contributed by atoms with Gasteiger partial charge in [-0.3, -0.25) is 9.59 Å². The molecule has 12 nitrogen and oxygen atoms in total. The summed E-state index contributed by atoms with van der Waals surface area (Å²) >= 11 is 0. The molecule has 0 aliphatic carbocycles. The molecular weight excluding hydrogens is 686 g/mol. The Labute approximate surface area is 308 Å². The number of fused-ring (bicyclic) bond motifs is 2. The minimum atomic E-state index is -0.515. The van der Waals surface area contributed by atoms with E-state index in [4.69, 9.17) is 19.9 Å². The van der Waals surface area contributed by atoms with E-state index in [-0.39, 0.29) is 35.1 Å². The maximum Gasteiger partial charge on any atom is 0.407 e. The van der Waals surface area contributed by atoms with Crippen LogP contribution in [-0.4, -0.2) is 96.2 Å². The molecule has 0 unspecified atom stereocenters. The van der Waals surface area contributed by atoms with Crippen LogP contribution in [0.5, 0.6) is 11.5 Å². The summed E-state index contributed by atoms with van der Waals surface area (Å²) in [6.07, 6.45) is 3.19. The third kappa shape index (κ3) is 10.5. The first-order chi connectivity index (χ1) is 25.2. The van der Waals surface area contributed by atoms with Crippen molar-refractivity contribution in [2.75, 3.05) is 53.5 Å². The number of aromatic nitrogens is 2. The maximum atomic E-state index is 13.8. The third-order valence-electron chi connectivity index (χ3n) is 9.73. The van der Waals surface area contributed by atoms with Crippen LogP contribution in [0.15, 0.2) is 58.1 Å². The second-order valence-corrected chi connectivity index (χ2v) is 14.7. The Bertz CT molecular complexity index is 2000. The lowest BCUT2D eigenvalue weighted by Gasteiger charge is -2.33. The maximum absolute atomic E-state index is 13.8. The van der Waals surface area contributed by atoms with Crippen LogP contribution in [0.3, 0.4) is 0 Å². The Morgan fingerprint density at radius 3 is 1.58 bits per heavy atom. The normalized spacial score (nSPS) is 16.3. The number of amides is 1. The predicted octanol–water partition coefficient (Wildman–Crippen LogP) is 4.71. The predicted molar refractivity (Wildman–Crippen MR) is 202 cm³/mol. The number of rotatable bonds is 9. The van der Waals surface area contributed by atoms with Gasteiger partial charge in [0.25, 0.3) is 11.1 Å². The van der Waals surface area contributed by atoms with Crippen molar-refractivity contribution in [2.45, 2.75) is 77.2 Å². The van der Waals surface area contributed by atoms with Gasteiger partial charge in [0.15, 0.2) is 0 Å². The van der Waals surface area contributed by atoms with Gasteiger partial charge < -0.3 is 44.2 Å². The number of ether oxygens (including phenoxy) is 3. The van der Waals surface area contributed by atoms with Gasteiger partial charge in [-0.25, -0.2) is 13.6 Å². The van der Waals surface area contributed by atoms with Crippen LogP contribution in [0.25, 0.3) is 21.8 Å². The molecule has 2 saturated heterocycles. The number of nitrogens with one attached hydrogen (secondary N) is 1. The van der Waals surface area contributed by atoms with Crippen LogP contribution < -0.4 is 31.6 Å². The fourth-order valence-electron chi connectivity index (χ4n) is 6.88. The highest BCUT2D eigenvalue weighted by molar-refractivity contribution is 5.86. The Morgan fingerprint density at radius 1 is 0.736 bits per heavy atom. The van der Waals surface area contributed by atoms with Crippen molar-refractivity contribution < 1.29 is 27.8 Å². The van der Waals surface area contributed by atoms with E-state index in [9.17, 15) is 23.2 Å². The van der Waals surface area contributed by atoms with Crippen LogP contribution in [-0.2, 0) is 17.8 Å². The highest BCUT2D eigenvalue weighted by atomic mass is 19.1. The molecule has 288 valence electrons. The molecule has 0 atom stereocenters. The number of methoxy groups -OCH3 is 2. The molecular formula is C39H52F2N6O6. The lowest BCUT2D eigenvalue weighted by molar-refractivity contribution is 0.0478. The highest BCUT2D eigenvalue weighted by Gasteiger charge is 2.24. The topological polar surface area (TPSA) is 133 Å². The zero-order valence-corrected chi connectivity index (χ0v) is 31.3. The molecule has 4 aromatic rings. The van der Waals surface area contributed by atoms with Gasteiger partial charge in [-0.15, -0.1) is 0 Å². The summed E-state index contributed by atoms with van der Waals surface area (Å²) in [6, 6.07) is 12.1. The second kappa shape index (κ2) is 17.5. The number of pyridine rings is 2. The molecule has 0 radical (unpaired) electrons. The molecule has 4 heterocycles. The number of likely N-dealkylation sites (tertiary alicyclic amines) is 2. The van der Waals surface area contributed by atoms with E-state index < -0.39 is 11.4 Å². The van der Waals surface area contributed by atoms with E-state index >= 15 is 0 Å². The van der Waals surface area contributed by atoms with E-state index in [0.29, 0.717) is 47.6 Å². The zero-order valence-electron chi connectivity index (χ0n) is 31.3. The van der Waals surface area contributed by atoms with Crippen LogP contribution >= 0.6 is 0 Å². The summed E-state index contributed by atoms with van der Waals surface area (Å²) in [5, 5.41) is 4.38. The molecule has 2 aromatic carbocycles. The second-order valence-electron chi connectivity index (χ2n) is 14.7. The molecule has 0 saturated carbocycles. The molecule has 53 heavy (non-hydrogen) atoms. The standard InChI is InChI=1S/C22H30FN3O4.C17H22FN3O2/c1-22(2,3)30-21(28)24-16-7-9-25(10-8-16)11-12-26-18-13-15(23)5-6-17(18)19(29-4)14-20(26)27;1-23-16-11-17(22)21(15-10-12(18)2-3-14(15)16)9-8-20-6-4-13(19)5-7-20/h5-6,13-14,16H,7-12H2,1-4H3,(H,24,28);2-3,10-11,13H,4-9,19H2,1H3. The summed E-state index contributed by atoms with van der Waals surface area (Å²) in [6.45, 7) is 11.4. The third-order valence-corrected chi connectivity index (χ3v) is 9.73. The number of carbonyl (C=O) groups is 1. The summed E-state index contributed by atoms with van der Waals surface area (Å²) in [5.41, 5.74) is 6.11. The highest BCUT2D eigenvalue weighted by Crippen LogP contribution is 2.26. The molecule has 2 aliphatic rings. The van der Waals surface area contributed by atoms with Gasteiger partial charge >= 0.3 is 6.09 Å². The number of alkyl carbamates (subject to hydrolysis) is 1. The first kappa shape index (κ1) is 39.7. The lowest BCUT2D eigenvalue weighted by Crippen LogP contribution is -2.46. The quantitative estimate of drug-likeness (QED) is 0.251. The smallest absolute Gasteiger partial charge is 0.407 e. The van der Waals surface area contributed by atoms with Gasteiger partial charge in [-0.2, -0.15) is 0 Å². The SMILES string of the molecule is COc1cc(=O)n(CCN2CCC(N)CC2)c2cc(F)ccc12.COc1cc(=O)n(CCN2CCC(NC(=O)OC(C)(C)C)CC2)c2cc(F)ccc12. The first-order valence-electron chi connectivity index (χ1n) is 18.2. The van der Waals surface area contributed by atoms with Crippen molar-refractivity contribution in [2.24, 2.45) is 5.73 Å². The molecule has 1 amide bonds. The van der Waals surface area contributed by atoms with Crippen molar-refractivity contribution in [3.63, 3.8) is 0 Å². The van der Waals surface area contributed by atoms with E-state index in [1.165, 1.54) is 50.6 Å². The van der Waals surface area contributed by atoms with Crippen LogP contribution in [0.2, 0.25) is 0 Å². The Kier molecular flexibility index (Phi) is 13.1. The minimum Gasteiger partial charge on any atom is -0.496 e. The molecule has 0 bridgehead atoms. The summed E-state index contributed by atoms with van der Waals surface area (Å²) < 4.78 is 46.5. The zero-order chi connectivity index (χ0) is 38.3. The number of piperidine rings is 2. The number of hydrogen-bond acceptors (Lipinski definition) is 9. The molecule has 3 N–H and O–H groups in total. The molecule has 2 aromatic heterocycles. The van der Waals surface area contributed by atoms with Gasteiger partial charge in [0.2, 0.25) is 0 Å². The van der Waals surface area contributed by atoms with Gasteiger partial charge in [0, 0.05) is 74.3 Å². The number of nitrogens with two attached hydrogens (primary N) is 1. The molecule has 2 fully saturated rings. The lowest BCUT2D eigenvalue weighted by atomic mass is 10.1. The first-order valence-corrected chi connectivity index (χ1v) is 18.2. The van der Waals surface area contributed by atoms with Crippen molar-refractivity contribution in [3.8, 4) is 11.5 Å².